The van der Waals surface area contributed by atoms with Gasteiger partial charge in [-0.05, 0) is 6.92 Å². The standard InChI is InChI=1S/C12H21N3O/c1-8-10(9-7-16-6-5-13-9)15-11(14-8)12(2,3)4/h9,13H,5-7H2,1-4H3,(H,14,15). The molecule has 0 spiro atoms. The van der Waals surface area contributed by atoms with Crippen molar-refractivity contribution in [2.45, 2.75) is 39.2 Å². The lowest BCUT2D eigenvalue weighted by molar-refractivity contribution is 0.0755. The molecule has 0 radical (unpaired) electrons. The Bertz CT molecular complexity index is 359. The van der Waals surface area contributed by atoms with Crippen molar-refractivity contribution < 1.29 is 4.74 Å². The topological polar surface area (TPSA) is 49.9 Å². The van der Waals surface area contributed by atoms with E-state index < -0.39 is 0 Å². The fourth-order valence-electron chi connectivity index (χ4n) is 1.91. The average molecular weight is 223 g/mol. The predicted molar refractivity (Wildman–Crippen MR) is 63.6 cm³/mol. The van der Waals surface area contributed by atoms with Gasteiger partial charge in [-0.3, -0.25) is 0 Å². The number of morpholine rings is 1. The number of hydrogen-bond donors (Lipinski definition) is 2. The molecule has 2 heterocycles. The number of ether oxygens (including phenoxy) is 1. The van der Waals surface area contributed by atoms with E-state index in [-0.39, 0.29) is 11.5 Å². The molecule has 1 atom stereocenters. The Morgan fingerprint density at radius 3 is 2.62 bits per heavy atom. The van der Waals surface area contributed by atoms with Gasteiger partial charge >= 0.3 is 0 Å². The molecule has 16 heavy (non-hydrogen) atoms. The summed E-state index contributed by atoms with van der Waals surface area (Å²) in [4.78, 5) is 8.08. The van der Waals surface area contributed by atoms with Gasteiger partial charge in [-0.25, -0.2) is 4.98 Å². The third-order valence-corrected chi connectivity index (χ3v) is 2.88. The van der Waals surface area contributed by atoms with Gasteiger partial charge in [0.1, 0.15) is 5.82 Å². The second-order valence-electron chi connectivity index (χ2n) is 5.43. The lowest BCUT2D eigenvalue weighted by Gasteiger charge is -2.23. The molecule has 0 amide bonds. The number of imidazole rings is 1. The molecule has 1 aromatic heterocycles. The molecule has 1 fully saturated rings. The monoisotopic (exact) mass is 223 g/mol. The number of aromatic nitrogens is 2. The van der Waals surface area contributed by atoms with E-state index in [1.165, 1.54) is 0 Å². The van der Waals surface area contributed by atoms with Crippen molar-refractivity contribution in [2.24, 2.45) is 0 Å². The number of aromatic amines is 1. The molecule has 2 rings (SSSR count). The van der Waals surface area contributed by atoms with Gasteiger partial charge in [-0.15, -0.1) is 0 Å². The summed E-state index contributed by atoms with van der Waals surface area (Å²) in [5, 5.41) is 3.43. The van der Waals surface area contributed by atoms with Crippen molar-refractivity contribution in [3.05, 3.63) is 17.2 Å². The Morgan fingerprint density at radius 1 is 1.38 bits per heavy atom. The van der Waals surface area contributed by atoms with Gasteiger partial charge < -0.3 is 15.0 Å². The third-order valence-electron chi connectivity index (χ3n) is 2.88. The highest BCUT2D eigenvalue weighted by Gasteiger charge is 2.24. The van der Waals surface area contributed by atoms with Crippen molar-refractivity contribution >= 4 is 0 Å². The smallest absolute Gasteiger partial charge is 0.112 e. The molecule has 90 valence electrons. The number of nitrogens with zero attached hydrogens (tertiary/aromatic N) is 1. The normalized spacial score (nSPS) is 22.4. The van der Waals surface area contributed by atoms with Crippen LogP contribution in [0, 0.1) is 6.92 Å². The summed E-state index contributed by atoms with van der Waals surface area (Å²) in [5.41, 5.74) is 2.32. The number of hydrogen-bond acceptors (Lipinski definition) is 3. The molecular weight excluding hydrogens is 202 g/mol. The number of rotatable bonds is 1. The molecule has 2 N–H and O–H groups in total. The van der Waals surface area contributed by atoms with Crippen molar-refractivity contribution in [1.29, 1.82) is 0 Å². The molecule has 0 bridgehead atoms. The van der Waals surface area contributed by atoms with E-state index in [9.17, 15) is 0 Å². The van der Waals surface area contributed by atoms with Crippen LogP contribution in [0.1, 0.15) is 44.0 Å². The minimum absolute atomic E-state index is 0.0680. The first kappa shape index (κ1) is 11.6. The van der Waals surface area contributed by atoms with E-state index in [1.807, 2.05) is 0 Å². The highest BCUT2D eigenvalue weighted by molar-refractivity contribution is 5.20. The lowest BCUT2D eigenvalue weighted by atomic mass is 9.96. The number of aryl methyl sites for hydroxylation is 1. The quantitative estimate of drug-likeness (QED) is 0.761. The van der Waals surface area contributed by atoms with Crippen LogP contribution >= 0.6 is 0 Å². The minimum atomic E-state index is 0.0680. The highest BCUT2D eigenvalue weighted by Crippen LogP contribution is 2.24. The van der Waals surface area contributed by atoms with Crippen LogP contribution in [0.25, 0.3) is 0 Å². The van der Waals surface area contributed by atoms with Crippen LogP contribution in [-0.2, 0) is 10.2 Å². The highest BCUT2D eigenvalue weighted by atomic mass is 16.5. The summed E-state index contributed by atoms with van der Waals surface area (Å²) < 4.78 is 5.47. The van der Waals surface area contributed by atoms with Crippen molar-refractivity contribution in [3.63, 3.8) is 0 Å². The van der Waals surface area contributed by atoms with Crippen LogP contribution in [-0.4, -0.2) is 29.7 Å². The Hall–Kier alpha value is -0.870. The number of H-pyrrole nitrogens is 1. The first-order valence-corrected chi connectivity index (χ1v) is 5.86. The van der Waals surface area contributed by atoms with Gasteiger partial charge in [-0.2, -0.15) is 0 Å². The van der Waals surface area contributed by atoms with Crippen LogP contribution < -0.4 is 5.32 Å². The first-order valence-electron chi connectivity index (χ1n) is 5.86. The van der Waals surface area contributed by atoms with E-state index >= 15 is 0 Å². The third kappa shape index (κ3) is 2.28. The van der Waals surface area contributed by atoms with Crippen LogP contribution in [0.5, 0.6) is 0 Å². The van der Waals surface area contributed by atoms with Crippen LogP contribution in [0.4, 0.5) is 0 Å². The molecule has 0 aromatic carbocycles. The van der Waals surface area contributed by atoms with Crippen molar-refractivity contribution in [3.8, 4) is 0 Å². The van der Waals surface area contributed by atoms with Gasteiger partial charge in [0.15, 0.2) is 0 Å². The maximum absolute atomic E-state index is 5.47. The predicted octanol–water partition coefficient (Wildman–Crippen LogP) is 1.68. The maximum atomic E-state index is 5.47. The Labute approximate surface area is 96.8 Å². The number of nitrogens with one attached hydrogen (secondary N) is 2. The second kappa shape index (κ2) is 4.18. The summed E-state index contributed by atoms with van der Waals surface area (Å²) >= 11 is 0. The van der Waals surface area contributed by atoms with Crippen molar-refractivity contribution in [2.75, 3.05) is 19.8 Å². The lowest BCUT2D eigenvalue weighted by Crippen LogP contribution is -2.35. The Balaban J connectivity index is 2.24. The SMILES string of the molecule is Cc1[nH]c(C(C)(C)C)nc1C1COCCN1. The summed E-state index contributed by atoms with van der Waals surface area (Å²) in [6.45, 7) is 11.0. The first-order chi connectivity index (χ1) is 7.48. The van der Waals surface area contributed by atoms with Gasteiger partial charge in [0.25, 0.3) is 0 Å². The molecule has 0 saturated carbocycles. The van der Waals surface area contributed by atoms with E-state index in [0.29, 0.717) is 0 Å². The van der Waals surface area contributed by atoms with E-state index in [2.05, 4.69) is 38.0 Å². The average Bonchev–Trinajstić information content (AvgIpc) is 2.61. The van der Waals surface area contributed by atoms with Gasteiger partial charge in [0.2, 0.25) is 0 Å². The van der Waals surface area contributed by atoms with Crippen molar-refractivity contribution in [1.82, 2.24) is 15.3 Å². The zero-order valence-corrected chi connectivity index (χ0v) is 10.6. The molecule has 1 unspecified atom stereocenters. The summed E-state index contributed by atoms with van der Waals surface area (Å²) in [7, 11) is 0. The van der Waals surface area contributed by atoms with Crippen LogP contribution in [0.2, 0.25) is 0 Å². The van der Waals surface area contributed by atoms with E-state index in [1.54, 1.807) is 0 Å². The Kier molecular flexibility index (Phi) is 3.04. The fourth-order valence-corrected chi connectivity index (χ4v) is 1.91. The van der Waals surface area contributed by atoms with Gasteiger partial charge in [0.05, 0.1) is 24.9 Å². The van der Waals surface area contributed by atoms with Crippen LogP contribution in [0.3, 0.4) is 0 Å². The molecule has 0 aliphatic carbocycles. The Morgan fingerprint density at radius 2 is 2.12 bits per heavy atom. The summed E-state index contributed by atoms with van der Waals surface area (Å²) in [6, 6.07) is 0.237. The van der Waals surface area contributed by atoms with Crippen LogP contribution in [0.15, 0.2) is 0 Å². The minimum Gasteiger partial charge on any atom is -0.378 e. The molecule has 1 saturated heterocycles. The summed E-state index contributed by atoms with van der Waals surface area (Å²) in [6.07, 6.45) is 0. The van der Waals surface area contributed by atoms with E-state index in [4.69, 9.17) is 9.72 Å². The molecule has 1 aromatic rings. The molecule has 1 aliphatic heterocycles. The maximum Gasteiger partial charge on any atom is 0.112 e. The molecule has 4 nitrogen and oxygen atoms in total. The van der Waals surface area contributed by atoms with E-state index in [0.717, 1.165) is 37.0 Å². The van der Waals surface area contributed by atoms with Gasteiger partial charge in [0, 0.05) is 17.7 Å². The zero-order valence-electron chi connectivity index (χ0n) is 10.6. The van der Waals surface area contributed by atoms with Gasteiger partial charge in [-0.1, -0.05) is 20.8 Å². The molecular formula is C12H21N3O. The fraction of sp³-hybridized carbons (Fsp3) is 0.750. The summed E-state index contributed by atoms with van der Waals surface area (Å²) in [5.74, 6) is 1.05. The largest absolute Gasteiger partial charge is 0.378 e. The zero-order chi connectivity index (χ0) is 11.8. The molecule has 4 heteroatoms. The molecule has 1 aliphatic rings. The second-order valence-corrected chi connectivity index (χ2v) is 5.43.